The fraction of sp³-hybridized carbons (Fsp3) is 0.583. The van der Waals surface area contributed by atoms with Crippen molar-refractivity contribution in [3.8, 4) is 5.95 Å². The summed E-state index contributed by atoms with van der Waals surface area (Å²) in [7, 11) is 2.15. The second-order valence-electron chi connectivity index (χ2n) is 5.08. The zero-order valence-corrected chi connectivity index (χ0v) is 12.5. The summed E-state index contributed by atoms with van der Waals surface area (Å²) in [6, 6.07) is 0.490. The molecule has 3 heterocycles. The number of halogens is 1. The molecule has 9 heteroatoms. The fourth-order valence-corrected chi connectivity index (χ4v) is 2.60. The lowest BCUT2D eigenvalue weighted by Crippen LogP contribution is -2.41. The number of likely N-dealkylation sites (N-methyl/N-ethyl adjacent to an activating group) is 1. The predicted molar refractivity (Wildman–Crippen MR) is 78.5 cm³/mol. The molecule has 0 spiro atoms. The van der Waals surface area contributed by atoms with Gasteiger partial charge in [0.15, 0.2) is 0 Å². The maximum atomic E-state index is 5.94. The highest BCUT2D eigenvalue weighted by Gasteiger charge is 2.19. The molecular weight excluding hydrogens is 292 g/mol. The summed E-state index contributed by atoms with van der Waals surface area (Å²) in [5.41, 5.74) is 0. The van der Waals surface area contributed by atoms with Crippen molar-refractivity contribution in [2.45, 2.75) is 25.3 Å². The molecule has 0 aromatic carbocycles. The summed E-state index contributed by atoms with van der Waals surface area (Å²) in [5, 5.41) is 7.36. The van der Waals surface area contributed by atoms with Crippen molar-refractivity contribution >= 4 is 17.5 Å². The molecule has 1 N–H and O–H groups in total. The average molecular weight is 309 g/mol. The molecule has 0 radical (unpaired) electrons. The van der Waals surface area contributed by atoms with Crippen molar-refractivity contribution in [3.63, 3.8) is 0 Å². The van der Waals surface area contributed by atoms with E-state index in [1.165, 1.54) is 36.6 Å². The molecule has 1 atom stereocenters. The second kappa shape index (κ2) is 6.31. The number of piperidine rings is 1. The predicted octanol–water partition coefficient (Wildman–Crippen LogP) is 1.00. The Morgan fingerprint density at radius 1 is 1.33 bits per heavy atom. The van der Waals surface area contributed by atoms with Gasteiger partial charge in [-0.15, -0.1) is 0 Å². The van der Waals surface area contributed by atoms with E-state index >= 15 is 0 Å². The highest BCUT2D eigenvalue weighted by molar-refractivity contribution is 6.28. The maximum Gasteiger partial charge on any atom is 0.258 e. The van der Waals surface area contributed by atoms with Crippen LogP contribution < -0.4 is 5.32 Å². The van der Waals surface area contributed by atoms with Gasteiger partial charge in [0.25, 0.3) is 5.95 Å². The highest BCUT2D eigenvalue weighted by atomic mass is 35.5. The molecule has 1 saturated heterocycles. The van der Waals surface area contributed by atoms with E-state index in [-0.39, 0.29) is 5.28 Å². The SMILES string of the molecule is CN1CCCCC1CNc1nc(Cl)nc(-n2cncn2)n1. The van der Waals surface area contributed by atoms with Gasteiger partial charge in [0, 0.05) is 12.6 Å². The van der Waals surface area contributed by atoms with E-state index in [0.29, 0.717) is 17.9 Å². The van der Waals surface area contributed by atoms with Gasteiger partial charge in [0.2, 0.25) is 11.2 Å². The zero-order chi connectivity index (χ0) is 14.7. The van der Waals surface area contributed by atoms with Crippen LogP contribution in [0.5, 0.6) is 0 Å². The number of anilines is 1. The summed E-state index contributed by atoms with van der Waals surface area (Å²) in [6.45, 7) is 1.92. The van der Waals surface area contributed by atoms with Gasteiger partial charge in [0.05, 0.1) is 0 Å². The Kier molecular flexibility index (Phi) is 4.26. The minimum atomic E-state index is 0.134. The van der Waals surface area contributed by atoms with Gasteiger partial charge in [-0.3, -0.25) is 0 Å². The third-order valence-electron chi connectivity index (χ3n) is 3.64. The molecule has 0 aliphatic carbocycles. The summed E-state index contributed by atoms with van der Waals surface area (Å²) in [5.74, 6) is 0.812. The van der Waals surface area contributed by atoms with Crippen LogP contribution >= 0.6 is 11.6 Å². The molecule has 1 aliphatic heterocycles. The van der Waals surface area contributed by atoms with E-state index in [1.54, 1.807) is 0 Å². The first-order valence-electron chi connectivity index (χ1n) is 6.93. The smallest absolute Gasteiger partial charge is 0.258 e. The lowest BCUT2D eigenvalue weighted by atomic mass is 10.0. The maximum absolute atomic E-state index is 5.94. The van der Waals surface area contributed by atoms with Gasteiger partial charge in [-0.25, -0.2) is 4.98 Å². The van der Waals surface area contributed by atoms with Crippen LogP contribution in [0.25, 0.3) is 5.95 Å². The molecule has 1 aliphatic rings. The Hall–Kier alpha value is -1.80. The molecule has 0 bridgehead atoms. The molecule has 1 unspecified atom stereocenters. The number of nitrogens with one attached hydrogen (secondary N) is 1. The van der Waals surface area contributed by atoms with Crippen molar-refractivity contribution in [1.29, 1.82) is 0 Å². The number of aromatic nitrogens is 6. The Bertz CT molecular complexity index is 587. The minimum Gasteiger partial charge on any atom is -0.352 e. The van der Waals surface area contributed by atoms with Gasteiger partial charge >= 0.3 is 0 Å². The van der Waals surface area contributed by atoms with E-state index in [0.717, 1.165) is 13.1 Å². The molecule has 112 valence electrons. The lowest BCUT2D eigenvalue weighted by Gasteiger charge is -2.32. The average Bonchev–Trinajstić information content (AvgIpc) is 3.00. The van der Waals surface area contributed by atoms with E-state index in [9.17, 15) is 0 Å². The number of rotatable bonds is 4. The van der Waals surface area contributed by atoms with E-state index < -0.39 is 0 Å². The molecule has 2 aromatic rings. The van der Waals surface area contributed by atoms with Gasteiger partial charge in [0.1, 0.15) is 12.7 Å². The number of nitrogens with zero attached hydrogens (tertiary/aromatic N) is 7. The Balaban J connectivity index is 1.70. The van der Waals surface area contributed by atoms with Crippen molar-refractivity contribution < 1.29 is 0 Å². The van der Waals surface area contributed by atoms with Crippen LogP contribution in [0, 0.1) is 0 Å². The topological polar surface area (TPSA) is 84.6 Å². The fourth-order valence-electron chi connectivity index (χ4n) is 2.44. The standard InChI is InChI=1S/C12H17ClN8/c1-20-5-3-2-4-9(20)6-15-11-17-10(13)18-12(19-11)21-8-14-7-16-21/h7-9H,2-6H2,1H3,(H,15,17,18,19). The molecular formula is C12H17ClN8. The van der Waals surface area contributed by atoms with Crippen molar-refractivity contribution in [2.24, 2.45) is 0 Å². The number of likely N-dealkylation sites (tertiary alicyclic amines) is 1. The van der Waals surface area contributed by atoms with Gasteiger partial charge in [-0.2, -0.15) is 24.7 Å². The third kappa shape index (κ3) is 3.45. The molecule has 8 nitrogen and oxygen atoms in total. The Labute approximate surface area is 127 Å². The third-order valence-corrected chi connectivity index (χ3v) is 3.81. The number of hydrogen-bond donors (Lipinski definition) is 1. The molecule has 2 aromatic heterocycles. The van der Waals surface area contributed by atoms with E-state index in [2.05, 4.69) is 42.3 Å². The summed E-state index contributed by atoms with van der Waals surface area (Å²) in [4.78, 5) is 18.7. The van der Waals surface area contributed by atoms with Gasteiger partial charge in [-0.05, 0) is 38.0 Å². The monoisotopic (exact) mass is 308 g/mol. The lowest BCUT2D eigenvalue weighted by molar-refractivity contribution is 0.194. The van der Waals surface area contributed by atoms with Crippen molar-refractivity contribution in [3.05, 3.63) is 17.9 Å². The largest absolute Gasteiger partial charge is 0.352 e. The first-order valence-corrected chi connectivity index (χ1v) is 7.31. The van der Waals surface area contributed by atoms with Crippen LogP contribution in [0.2, 0.25) is 5.28 Å². The zero-order valence-electron chi connectivity index (χ0n) is 11.8. The molecule has 0 saturated carbocycles. The van der Waals surface area contributed by atoms with Crippen LogP contribution in [0.15, 0.2) is 12.7 Å². The van der Waals surface area contributed by atoms with Crippen LogP contribution in [0.3, 0.4) is 0 Å². The molecule has 1 fully saturated rings. The normalized spacial score (nSPS) is 19.6. The number of hydrogen-bond acceptors (Lipinski definition) is 7. The minimum absolute atomic E-state index is 0.134. The van der Waals surface area contributed by atoms with Crippen LogP contribution in [0.4, 0.5) is 5.95 Å². The Morgan fingerprint density at radius 3 is 3.00 bits per heavy atom. The molecule has 3 rings (SSSR count). The highest BCUT2D eigenvalue weighted by Crippen LogP contribution is 2.16. The van der Waals surface area contributed by atoms with Crippen molar-refractivity contribution in [1.82, 2.24) is 34.6 Å². The first kappa shape index (κ1) is 14.2. The van der Waals surface area contributed by atoms with E-state index in [1.807, 2.05) is 0 Å². The van der Waals surface area contributed by atoms with Crippen LogP contribution in [-0.4, -0.2) is 60.8 Å². The van der Waals surface area contributed by atoms with Gasteiger partial charge in [-0.1, -0.05) is 6.42 Å². The first-order chi connectivity index (χ1) is 10.2. The quantitative estimate of drug-likeness (QED) is 0.902. The van der Waals surface area contributed by atoms with Crippen LogP contribution in [0.1, 0.15) is 19.3 Å². The summed E-state index contributed by atoms with van der Waals surface area (Å²) in [6.07, 6.45) is 6.64. The molecule has 0 amide bonds. The van der Waals surface area contributed by atoms with E-state index in [4.69, 9.17) is 11.6 Å². The Morgan fingerprint density at radius 2 is 2.24 bits per heavy atom. The van der Waals surface area contributed by atoms with Crippen LogP contribution in [-0.2, 0) is 0 Å². The van der Waals surface area contributed by atoms with Gasteiger partial charge < -0.3 is 10.2 Å². The molecule has 21 heavy (non-hydrogen) atoms. The second-order valence-corrected chi connectivity index (χ2v) is 5.42. The van der Waals surface area contributed by atoms with Crippen molar-refractivity contribution in [2.75, 3.05) is 25.5 Å². The summed E-state index contributed by atoms with van der Waals surface area (Å²) >= 11 is 5.94. The summed E-state index contributed by atoms with van der Waals surface area (Å²) < 4.78 is 1.45.